The molecule has 4 fully saturated rings. The molecule has 2 N–H and O–H groups in total. The van der Waals surface area contributed by atoms with E-state index in [-0.39, 0.29) is 11.9 Å². The maximum absolute atomic E-state index is 13.2. The largest absolute Gasteiger partial charge is 0.383 e. The van der Waals surface area contributed by atoms with Crippen molar-refractivity contribution in [2.45, 2.75) is 24.9 Å². The smallest absolute Gasteiger partial charge is 0.123 e. The lowest BCUT2D eigenvalue weighted by Gasteiger charge is -2.36. The van der Waals surface area contributed by atoms with E-state index in [0.717, 1.165) is 38.7 Å². The van der Waals surface area contributed by atoms with E-state index in [4.69, 9.17) is 4.74 Å². The van der Waals surface area contributed by atoms with Gasteiger partial charge in [0.25, 0.3) is 0 Å². The SMILES string of the molecule is COCCN1C[C@H]2CC[C@@H]1CN(CC1CNNC1c1ccc(F)cc1)C2. The quantitative estimate of drug-likeness (QED) is 0.805. The molecule has 0 spiro atoms. The number of piperidine rings is 1. The standard InChI is InChI=1S/C20H31FN4O/c1-26-9-8-25-12-15-2-7-19(25)14-24(11-15)13-17-10-22-23-20(17)16-3-5-18(21)6-4-16/h3-6,15,17,19-20,22-23H,2,7-14H2,1H3/t15-,17?,19+,20?/m0/s1. The van der Waals surface area contributed by atoms with Crippen molar-refractivity contribution in [3.05, 3.63) is 35.6 Å². The van der Waals surface area contributed by atoms with Crippen molar-refractivity contribution >= 4 is 0 Å². The van der Waals surface area contributed by atoms with Gasteiger partial charge >= 0.3 is 0 Å². The van der Waals surface area contributed by atoms with Crippen LogP contribution in [0.3, 0.4) is 0 Å². The summed E-state index contributed by atoms with van der Waals surface area (Å²) in [6, 6.07) is 7.85. The Hall–Kier alpha value is -1.05. The van der Waals surface area contributed by atoms with Crippen LogP contribution in [0.25, 0.3) is 0 Å². The Balaban J connectivity index is 1.39. The monoisotopic (exact) mass is 362 g/mol. The topological polar surface area (TPSA) is 39.8 Å². The molecule has 5 nitrogen and oxygen atoms in total. The number of hydrogen-bond acceptors (Lipinski definition) is 5. The third-order valence-corrected chi connectivity index (χ3v) is 6.30. The van der Waals surface area contributed by atoms with Gasteiger partial charge in [0.15, 0.2) is 0 Å². The average Bonchev–Trinajstić information content (AvgIpc) is 2.92. The van der Waals surface area contributed by atoms with Gasteiger partial charge in [0.2, 0.25) is 0 Å². The first-order valence-electron chi connectivity index (χ1n) is 9.92. The van der Waals surface area contributed by atoms with Gasteiger partial charge in [0.05, 0.1) is 12.6 Å². The highest BCUT2D eigenvalue weighted by atomic mass is 19.1. The molecule has 26 heavy (non-hydrogen) atoms. The Morgan fingerprint density at radius 1 is 1.15 bits per heavy atom. The summed E-state index contributed by atoms with van der Waals surface area (Å²) in [7, 11) is 1.79. The molecule has 2 unspecified atom stereocenters. The van der Waals surface area contributed by atoms with E-state index < -0.39 is 0 Å². The zero-order chi connectivity index (χ0) is 17.9. The minimum absolute atomic E-state index is 0.170. The number of hydrazine groups is 1. The number of benzene rings is 1. The van der Waals surface area contributed by atoms with E-state index in [1.165, 1.54) is 31.5 Å². The molecule has 0 saturated carbocycles. The van der Waals surface area contributed by atoms with Gasteiger partial charge in [0, 0.05) is 58.3 Å². The van der Waals surface area contributed by atoms with E-state index in [9.17, 15) is 4.39 Å². The van der Waals surface area contributed by atoms with Gasteiger partial charge in [-0.1, -0.05) is 12.1 Å². The lowest BCUT2D eigenvalue weighted by molar-refractivity contribution is 0.0864. The van der Waals surface area contributed by atoms with Crippen LogP contribution in [-0.2, 0) is 4.74 Å². The summed E-state index contributed by atoms with van der Waals surface area (Å²) < 4.78 is 18.5. The molecule has 4 atom stereocenters. The normalized spacial score (nSPS) is 32.8. The molecule has 4 aliphatic rings. The summed E-state index contributed by atoms with van der Waals surface area (Å²) in [5.74, 6) is 1.11. The fourth-order valence-corrected chi connectivity index (χ4v) is 4.97. The number of methoxy groups -OCH3 is 1. The fourth-order valence-electron chi connectivity index (χ4n) is 4.97. The highest BCUT2D eigenvalue weighted by molar-refractivity contribution is 5.21. The molecule has 6 heteroatoms. The Kier molecular flexibility index (Phi) is 5.86. The molecular weight excluding hydrogens is 331 g/mol. The van der Waals surface area contributed by atoms with E-state index in [1.807, 2.05) is 12.1 Å². The predicted molar refractivity (Wildman–Crippen MR) is 100 cm³/mol. The number of nitrogens with zero attached hydrogens (tertiary/aromatic N) is 2. The van der Waals surface area contributed by atoms with Crippen molar-refractivity contribution in [1.82, 2.24) is 20.7 Å². The lowest BCUT2D eigenvalue weighted by atomic mass is 9.94. The summed E-state index contributed by atoms with van der Waals surface area (Å²) in [5, 5.41) is 0. The molecule has 1 aromatic rings. The number of nitrogens with one attached hydrogen (secondary N) is 2. The molecule has 2 bridgehead atoms. The Labute approximate surface area is 155 Å². The second-order valence-electron chi connectivity index (χ2n) is 8.12. The molecule has 4 saturated heterocycles. The lowest BCUT2D eigenvalue weighted by Crippen LogP contribution is -2.45. The molecule has 1 aromatic carbocycles. The van der Waals surface area contributed by atoms with Gasteiger partial charge in [-0.15, -0.1) is 0 Å². The summed E-state index contributed by atoms with van der Waals surface area (Å²) in [6.07, 6.45) is 2.67. The van der Waals surface area contributed by atoms with Crippen molar-refractivity contribution in [1.29, 1.82) is 0 Å². The number of ether oxygens (including phenoxy) is 1. The second-order valence-corrected chi connectivity index (χ2v) is 8.12. The third-order valence-electron chi connectivity index (χ3n) is 6.30. The highest BCUT2D eigenvalue weighted by Gasteiger charge is 2.37. The van der Waals surface area contributed by atoms with Gasteiger partial charge in [-0.05, 0) is 36.5 Å². The Morgan fingerprint density at radius 2 is 2.00 bits per heavy atom. The van der Waals surface area contributed by atoms with Crippen molar-refractivity contribution < 1.29 is 9.13 Å². The maximum atomic E-state index is 13.2. The maximum Gasteiger partial charge on any atom is 0.123 e. The van der Waals surface area contributed by atoms with Crippen LogP contribution in [0.1, 0.15) is 24.4 Å². The van der Waals surface area contributed by atoms with Crippen molar-refractivity contribution in [2.24, 2.45) is 11.8 Å². The van der Waals surface area contributed by atoms with Crippen molar-refractivity contribution in [3.63, 3.8) is 0 Å². The molecule has 5 rings (SSSR count). The van der Waals surface area contributed by atoms with Crippen LogP contribution < -0.4 is 10.9 Å². The van der Waals surface area contributed by atoms with Crippen LogP contribution in [0.2, 0.25) is 0 Å². The number of fused-ring (bicyclic) bond motifs is 4. The zero-order valence-corrected chi connectivity index (χ0v) is 15.7. The van der Waals surface area contributed by atoms with Gasteiger partial charge < -0.3 is 9.64 Å². The minimum Gasteiger partial charge on any atom is -0.383 e. The number of rotatable bonds is 6. The average molecular weight is 362 g/mol. The predicted octanol–water partition coefficient (Wildman–Crippen LogP) is 1.63. The van der Waals surface area contributed by atoms with E-state index in [2.05, 4.69) is 20.7 Å². The number of hydrogen-bond donors (Lipinski definition) is 2. The summed E-state index contributed by atoms with van der Waals surface area (Å²) in [6.45, 7) is 7.50. The molecule has 0 amide bonds. The Morgan fingerprint density at radius 3 is 2.81 bits per heavy atom. The van der Waals surface area contributed by atoms with E-state index in [1.54, 1.807) is 19.2 Å². The van der Waals surface area contributed by atoms with Crippen LogP contribution in [-0.4, -0.2) is 68.8 Å². The first-order valence-corrected chi connectivity index (χ1v) is 9.92. The number of halogens is 1. The zero-order valence-electron chi connectivity index (χ0n) is 15.7. The third kappa shape index (κ3) is 4.10. The minimum atomic E-state index is -0.170. The van der Waals surface area contributed by atoms with Gasteiger partial charge in [-0.2, -0.15) is 0 Å². The van der Waals surface area contributed by atoms with E-state index >= 15 is 0 Å². The second kappa shape index (κ2) is 8.31. The summed E-state index contributed by atoms with van der Waals surface area (Å²) in [5.41, 5.74) is 7.88. The van der Waals surface area contributed by atoms with Crippen LogP contribution in [0.15, 0.2) is 24.3 Å². The van der Waals surface area contributed by atoms with Crippen molar-refractivity contribution in [2.75, 3.05) is 53.0 Å². The molecule has 0 aliphatic carbocycles. The summed E-state index contributed by atoms with van der Waals surface area (Å²) in [4.78, 5) is 5.31. The fraction of sp³-hybridized carbons (Fsp3) is 0.700. The first kappa shape index (κ1) is 18.3. The van der Waals surface area contributed by atoms with E-state index in [0.29, 0.717) is 12.0 Å². The molecular formula is C20H31FN4O. The molecule has 144 valence electrons. The van der Waals surface area contributed by atoms with Crippen LogP contribution >= 0.6 is 0 Å². The van der Waals surface area contributed by atoms with Crippen LogP contribution in [0.5, 0.6) is 0 Å². The van der Waals surface area contributed by atoms with Crippen molar-refractivity contribution in [3.8, 4) is 0 Å². The first-order chi connectivity index (χ1) is 12.7. The summed E-state index contributed by atoms with van der Waals surface area (Å²) >= 11 is 0. The molecule has 4 aliphatic heterocycles. The van der Waals surface area contributed by atoms with Crippen LogP contribution in [0, 0.1) is 17.7 Å². The molecule has 0 radical (unpaired) electrons. The van der Waals surface area contributed by atoms with Gasteiger partial charge in [-0.3, -0.25) is 10.3 Å². The Bertz CT molecular complexity index is 584. The molecule has 4 heterocycles. The van der Waals surface area contributed by atoms with Crippen LogP contribution in [0.4, 0.5) is 4.39 Å². The van der Waals surface area contributed by atoms with Gasteiger partial charge in [-0.25, -0.2) is 9.82 Å². The highest BCUT2D eigenvalue weighted by Crippen LogP contribution is 2.31. The van der Waals surface area contributed by atoms with Gasteiger partial charge in [0.1, 0.15) is 5.82 Å². The molecule has 0 aromatic heterocycles.